The molecule has 2 unspecified atom stereocenters. The topological polar surface area (TPSA) is 63.3 Å². The summed E-state index contributed by atoms with van der Waals surface area (Å²) in [6, 6.07) is -0.679. The molecule has 4 heteroatoms. The highest BCUT2D eigenvalue weighted by Crippen LogP contribution is 2.16. The van der Waals surface area contributed by atoms with Crippen molar-refractivity contribution >= 4 is 18.4 Å². The lowest BCUT2D eigenvalue weighted by atomic mass is 9.93. The Morgan fingerprint density at radius 1 is 1.46 bits per heavy atom. The number of hydrogen-bond acceptors (Lipinski definition) is 2. The predicted molar refractivity (Wildman–Crippen MR) is 56.2 cm³/mol. The van der Waals surface area contributed by atoms with E-state index in [0.29, 0.717) is 12.3 Å². The monoisotopic (exact) mass is 209 g/mol. The van der Waals surface area contributed by atoms with Crippen molar-refractivity contribution in [1.29, 1.82) is 0 Å². The Hall–Kier alpha value is -0.280. The van der Waals surface area contributed by atoms with E-state index in [9.17, 15) is 4.79 Å². The van der Waals surface area contributed by atoms with Crippen LogP contribution in [0.2, 0.25) is 0 Å². The van der Waals surface area contributed by atoms with Crippen LogP contribution in [-0.2, 0) is 4.79 Å². The highest BCUT2D eigenvalue weighted by molar-refractivity contribution is 5.85. The van der Waals surface area contributed by atoms with Crippen LogP contribution in [0.25, 0.3) is 0 Å². The SMILES string of the molecule is CCCC(CC)CC(N)C(=O)O.Cl. The molecule has 0 aromatic heterocycles. The molecule has 80 valence electrons. The zero-order valence-electron chi connectivity index (χ0n) is 8.32. The average Bonchev–Trinajstić information content (AvgIpc) is 2.03. The molecule has 0 spiro atoms. The van der Waals surface area contributed by atoms with E-state index in [2.05, 4.69) is 13.8 Å². The number of carboxylic acid groups (broad SMARTS) is 1. The van der Waals surface area contributed by atoms with E-state index in [4.69, 9.17) is 10.8 Å². The second-order valence-corrected chi connectivity index (χ2v) is 3.24. The summed E-state index contributed by atoms with van der Waals surface area (Å²) in [5.41, 5.74) is 5.42. The van der Waals surface area contributed by atoms with Crippen molar-refractivity contribution in [2.24, 2.45) is 11.7 Å². The van der Waals surface area contributed by atoms with Gasteiger partial charge in [0.05, 0.1) is 0 Å². The summed E-state index contributed by atoms with van der Waals surface area (Å²) in [5, 5.41) is 8.57. The zero-order chi connectivity index (χ0) is 9.56. The van der Waals surface area contributed by atoms with Crippen LogP contribution in [0.4, 0.5) is 0 Å². The van der Waals surface area contributed by atoms with Gasteiger partial charge in [0.25, 0.3) is 0 Å². The van der Waals surface area contributed by atoms with E-state index in [-0.39, 0.29) is 12.4 Å². The van der Waals surface area contributed by atoms with Gasteiger partial charge >= 0.3 is 5.97 Å². The fourth-order valence-corrected chi connectivity index (χ4v) is 1.36. The number of nitrogens with two attached hydrogens (primary N) is 1. The van der Waals surface area contributed by atoms with E-state index >= 15 is 0 Å². The van der Waals surface area contributed by atoms with Crippen molar-refractivity contribution in [3.8, 4) is 0 Å². The molecule has 0 aliphatic carbocycles. The smallest absolute Gasteiger partial charge is 0.320 e. The lowest BCUT2D eigenvalue weighted by Crippen LogP contribution is -2.32. The van der Waals surface area contributed by atoms with Gasteiger partial charge in [0.1, 0.15) is 6.04 Å². The fourth-order valence-electron chi connectivity index (χ4n) is 1.36. The molecule has 0 aliphatic rings. The summed E-state index contributed by atoms with van der Waals surface area (Å²) in [7, 11) is 0. The summed E-state index contributed by atoms with van der Waals surface area (Å²) < 4.78 is 0. The van der Waals surface area contributed by atoms with E-state index in [0.717, 1.165) is 19.3 Å². The minimum atomic E-state index is -0.885. The third-order valence-electron chi connectivity index (χ3n) is 2.18. The highest BCUT2D eigenvalue weighted by atomic mass is 35.5. The second-order valence-electron chi connectivity index (χ2n) is 3.24. The van der Waals surface area contributed by atoms with Gasteiger partial charge in [-0.2, -0.15) is 0 Å². The molecule has 0 amide bonds. The van der Waals surface area contributed by atoms with Crippen LogP contribution in [0.3, 0.4) is 0 Å². The summed E-state index contributed by atoms with van der Waals surface area (Å²) >= 11 is 0. The van der Waals surface area contributed by atoms with Crippen molar-refractivity contribution in [3.63, 3.8) is 0 Å². The Morgan fingerprint density at radius 2 is 2.00 bits per heavy atom. The Balaban J connectivity index is 0. The molecule has 0 saturated heterocycles. The quantitative estimate of drug-likeness (QED) is 0.704. The maximum atomic E-state index is 10.4. The van der Waals surface area contributed by atoms with Gasteiger partial charge in [-0.25, -0.2) is 0 Å². The van der Waals surface area contributed by atoms with Gasteiger partial charge in [-0.3, -0.25) is 4.79 Å². The third-order valence-corrected chi connectivity index (χ3v) is 2.18. The minimum Gasteiger partial charge on any atom is -0.480 e. The van der Waals surface area contributed by atoms with E-state index < -0.39 is 12.0 Å². The number of carbonyl (C=O) groups is 1. The fraction of sp³-hybridized carbons (Fsp3) is 0.889. The molecular formula is C9H20ClNO2. The van der Waals surface area contributed by atoms with Crippen LogP contribution < -0.4 is 5.73 Å². The van der Waals surface area contributed by atoms with Gasteiger partial charge in [0.2, 0.25) is 0 Å². The Bertz CT molecular complexity index is 142. The van der Waals surface area contributed by atoms with E-state index in [1.165, 1.54) is 0 Å². The second kappa shape index (κ2) is 8.32. The van der Waals surface area contributed by atoms with Gasteiger partial charge in [-0.1, -0.05) is 33.1 Å². The van der Waals surface area contributed by atoms with Crippen molar-refractivity contribution in [1.82, 2.24) is 0 Å². The standard InChI is InChI=1S/C9H19NO2.ClH/c1-3-5-7(4-2)6-8(10)9(11)12;/h7-8H,3-6,10H2,1-2H3,(H,11,12);1H. The molecule has 0 aromatic carbocycles. The predicted octanol–water partition coefficient (Wildman–Crippen LogP) is 2.04. The van der Waals surface area contributed by atoms with Crippen molar-refractivity contribution in [3.05, 3.63) is 0 Å². The normalized spacial score (nSPS) is 14.4. The van der Waals surface area contributed by atoms with Crippen molar-refractivity contribution in [2.75, 3.05) is 0 Å². The van der Waals surface area contributed by atoms with E-state index in [1.807, 2.05) is 0 Å². The average molecular weight is 210 g/mol. The molecule has 0 rings (SSSR count). The molecule has 2 atom stereocenters. The largest absolute Gasteiger partial charge is 0.480 e. The van der Waals surface area contributed by atoms with Gasteiger partial charge in [-0.05, 0) is 12.3 Å². The summed E-state index contributed by atoms with van der Waals surface area (Å²) in [4.78, 5) is 10.4. The van der Waals surface area contributed by atoms with Crippen LogP contribution in [0, 0.1) is 5.92 Å². The summed E-state index contributed by atoms with van der Waals surface area (Å²) in [5.74, 6) is -0.411. The molecule has 0 bridgehead atoms. The number of hydrogen-bond donors (Lipinski definition) is 2. The molecule has 3 N–H and O–H groups in total. The highest BCUT2D eigenvalue weighted by Gasteiger charge is 2.16. The molecule has 0 saturated carbocycles. The molecule has 13 heavy (non-hydrogen) atoms. The lowest BCUT2D eigenvalue weighted by molar-refractivity contribution is -0.139. The Morgan fingerprint density at radius 3 is 2.31 bits per heavy atom. The summed E-state index contributed by atoms with van der Waals surface area (Å²) in [6.07, 6.45) is 3.82. The molecule has 0 heterocycles. The first-order valence-electron chi connectivity index (χ1n) is 4.60. The van der Waals surface area contributed by atoms with Gasteiger partial charge in [-0.15, -0.1) is 12.4 Å². The third kappa shape index (κ3) is 6.84. The van der Waals surface area contributed by atoms with Crippen LogP contribution >= 0.6 is 12.4 Å². The van der Waals surface area contributed by atoms with Gasteiger partial charge < -0.3 is 10.8 Å². The first-order valence-corrected chi connectivity index (χ1v) is 4.60. The molecule has 0 radical (unpaired) electrons. The molecule has 0 aromatic rings. The van der Waals surface area contributed by atoms with Crippen LogP contribution in [0.5, 0.6) is 0 Å². The maximum Gasteiger partial charge on any atom is 0.320 e. The molecule has 3 nitrogen and oxygen atoms in total. The number of rotatable bonds is 6. The number of aliphatic carboxylic acids is 1. The van der Waals surface area contributed by atoms with Gasteiger partial charge in [0.15, 0.2) is 0 Å². The molecule has 0 fully saturated rings. The first kappa shape index (κ1) is 15.2. The van der Waals surface area contributed by atoms with E-state index in [1.54, 1.807) is 0 Å². The maximum absolute atomic E-state index is 10.4. The van der Waals surface area contributed by atoms with Crippen LogP contribution in [-0.4, -0.2) is 17.1 Å². The Kier molecular flexibility index (Phi) is 9.74. The van der Waals surface area contributed by atoms with Crippen LogP contribution in [0.1, 0.15) is 39.5 Å². The number of carboxylic acids is 1. The van der Waals surface area contributed by atoms with Crippen molar-refractivity contribution < 1.29 is 9.90 Å². The van der Waals surface area contributed by atoms with Gasteiger partial charge in [0, 0.05) is 0 Å². The van der Waals surface area contributed by atoms with Crippen LogP contribution in [0.15, 0.2) is 0 Å². The Labute approximate surface area is 86.1 Å². The zero-order valence-corrected chi connectivity index (χ0v) is 9.14. The minimum absolute atomic E-state index is 0. The lowest BCUT2D eigenvalue weighted by Gasteiger charge is -2.15. The van der Waals surface area contributed by atoms with Crippen molar-refractivity contribution in [2.45, 2.75) is 45.6 Å². The summed E-state index contributed by atoms with van der Waals surface area (Å²) in [6.45, 7) is 4.18. The molecule has 0 aliphatic heterocycles. The number of halogens is 1. The molecular weight excluding hydrogens is 190 g/mol. The first-order chi connectivity index (χ1) is 5.61.